The summed E-state index contributed by atoms with van der Waals surface area (Å²) in [6, 6.07) is 6.35. The summed E-state index contributed by atoms with van der Waals surface area (Å²) in [5.41, 5.74) is 3.15. The van der Waals surface area contributed by atoms with Crippen molar-refractivity contribution in [2.75, 3.05) is 6.54 Å². The van der Waals surface area contributed by atoms with Gasteiger partial charge in [0.05, 0.1) is 11.7 Å². The summed E-state index contributed by atoms with van der Waals surface area (Å²) in [5.74, 6) is 0.306. The SMILES string of the molecule is Cc1cn2c(C3CCCN3C(=O)C(C)C)cccc2n1. The molecule has 1 fully saturated rings. The lowest BCUT2D eigenvalue weighted by atomic mass is 10.1. The van der Waals surface area contributed by atoms with Gasteiger partial charge in [-0.15, -0.1) is 0 Å². The summed E-state index contributed by atoms with van der Waals surface area (Å²) >= 11 is 0. The Morgan fingerprint density at radius 3 is 2.95 bits per heavy atom. The number of rotatable bonds is 2. The first-order valence-corrected chi connectivity index (χ1v) is 7.33. The number of nitrogens with zero attached hydrogens (tertiary/aromatic N) is 3. The highest BCUT2D eigenvalue weighted by atomic mass is 16.2. The van der Waals surface area contributed by atoms with Crippen LogP contribution in [0, 0.1) is 12.8 Å². The highest BCUT2D eigenvalue weighted by Gasteiger charge is 2.32. The van der Waals surface area contributed by atoms with Gasteiger partial charge < -0.3 is 9.30 Å². The molecule has 1 saturated heterocycles. The summed E-state index contributed by atoms with van der Waals surface area (Å²) < 4.78 is 2.13. The van der Waals surface area contributed by atoms with Crippen molar-refractivity contribution in [3.63, 3.8) is 0 Å². The lowest BCUT2D eigenvalue weighted by Crippen LogP contribution is -2.34. The Morgan fingerprint density at radius 1 is 1.40 bits per heavy atom. The van der Waals surface area contributed by atoms with Gasteiger partial charge in [-0.2, -0.15) is 0 Å². The van der Waals surface area contributed by atoms with Crippen LogP contribution < -0.4 is 0 Å². The summed E-state index contributed by atoms with van der Waals surface area (Å²) in [6.45, 7) is 6.81. The molecule has 1 atom stereocenters. The molecule has 0 bridgehead atoms. The molecule has 20 heavy (non-hydrogen) atoms. The van der Waals surface area contributed by atoms with E-state index in [1.165, 1.54) is 5.69 Å². The summed E-state index contributed by atoms with van der Waals surface area (Å²) in [6.07, 6.45) is 4.17. The zero-order valence-electron chi connectivity index (χ0n) is 12.3. The average molecular weight is 271 g/mol. The zero-order valence-corrected chi connectivity index (χ0v) is 12.3. The van der Waals surface area contributed by atoms with E-state index in [-0.39, 0.29) is 17.9 Å². The molecule has 0 radical (unpaired) electrons. The van der Waals surface area contributed by atoms with E-state index in [4.69, 9.17) is 0 Å². The number of amides is 1. The number of carbonyl (C=O) groups is 1. The molecule has 0 aromatic carbocycles. The first kappa shape index (κ1) is 13.2. The molecule has 1 unspecified atom stereocenters. The lowest BCUT2D eigenvalue weighted by Gasteiger charge is -2.27. The molecule has 0 aliphatic carbocycles. The number of aryl methyl sites for hydroxylation is 1. The molecule has 2 aromatic rings. The van der Waals surface area contributed by atoms with Gasteiger partial charge in [-0.25, -0.2) is 4.98 Å². The molecule has 1 amide bonds. The van der Waals surface area contributed by atoms with Gasteiger partial charge in [0.25, 0.3) is 0 Å². The average Bonchev–Trinajstić information content (AvgIpc) is 3.01. The van der Waals surface area contributed by atoms with E-state index in [1.807, 2.05) is 37.8 Å². The van der Waals surface area contributed by atoms with Gasteiger partial charge in [-0.05, 0) is 31.9 Å². The van der Waals surface area contributed by atoms with Crippen LogP contribution in [0.25, 0.3) is 5.65 Å². The quantitative estimate of drug-likeness (QED) is 0.842. The van der Waals surface area contributed by atoms with Gasteiger partial charge in [0.1, 0.15) is 5.65 Å². The van der Waals surface area contributed by atoms with Gasteiger partial charge >= 0.3 is 0 Å². The van der Waals surface area contributed by atoms with E-state index in [9.17, 15) is 4.79 Å². The molecule has 4 nitrogen and oxygen atoms in total. The summed E-state index contributed by atoms with van der Waals surface area (Å²) in [7, 11) is 0. The second-order valence-corrected chi connectivity index (χ2v) is 5.91. The maximum atomic E-state index is 12.4. The fourth-order valence-corrected chi connectivity index (χ4v) is 3.10. The van der Waals surface area contributed by atoms with Gasteiger partial charge in [0.15, 0.2) is 0 Å². The van der Waals surface area contributed by atoms with Crippen LogP contribution in [0.15, 0.2) is 24.4 Å². The van der Waals surface area contributed by atoms with E-state index in [1.54, 1.807) is 0 Å². The van der Waals surface area contributed by atoms with Crippen LogP contribution in [-0.4, -0.2) is 26.7 Å². The predicted octanol–water partition coefficient (Wildman–Crippen LogP) is 2.96. The molecule has 1 aliphatic rings. The van der Waals surface area contributed by atoms with Gasteiger partial charge in [-0.3, -0.25) is 4.79 Å². The lowest BCUT2D eigenvalue weighted by molar-refractivity contribution is -0.135. The Kier molecular flexibility index (Phi) is 3.24. The van der Waals surface area contributed by atoms with Crippen molar-refractivity contribution in [2.24, 2.45) is 5.92 Å². The van der Waals surface area contributed by atoms with Crippen molar-refractivity contribution in [3.05, 3.63) is 35.8 Å². The number of fused-ring (bicyclic) bond motifs is 1. The molecule has 3 rings (SSSR count). The monoisotopic (exact) mass is 271 g/mol. The molecule has 0 N–H and O–H groups in total. The third-order valence-electron chi connectivity index (χ3n) is 4.02. The Labute approximate surface area is 119 Å². The number of imidazole rings is 1. The van der Waals surface area contributed by atoms with Crippen LogP contribution in [0.2, 0.25) is 0 Å². The highest BCUT2D eigenvalue weighted by Crippen LogP contribution is 2.33. The van der Waals surface area contributed by atoms with Crippen LogP contribution in [0.5, 0.6) is 0 Å². The Balaban J connectivity index is 2.03. The topological polar surface area (TPSA) is 37.6 Å². The molecule has 106 valence electrons. The van der Waals surface area contributed by atoms with E-state index in [0.29, 0.717) is 0 Å². The standard InChI is InChI=1S/C16H21N3O/c1-11(2)16(20)18-9-5-7-13(18)14-6-4-8-15-17-12(3)10-19(14)15/h4,6,8,10-11,13H,5,7,9H2,1-3H3. The number of aromatic nitrogens is 2. The van der Waals surface area contributed by atoms with Crippen molar-refractivity contribution in [3.8, 4) is 0 Å². The minimum absolute atomic E-state index is 0.0549. The minimum atomic E-state index is 0.0549. The van der Waals surface area contributed by atoms with Crippen LogP contribution in [0.4, 0.5) is 0 Å². The van der Waals surface area contributed by atoms with Crippen molar-refractivity contribution < 1.29 is 4.79 Å². The molecule has 4 heteroatoms. The second kappa shape index (κ2) is 4.93. The zero-order chi connectivity index (χ0) is 14.3. The fraction of sp³-hybridized carbons (Fsp3) is 0.500. The van der Waals surface area contributed by atoms with Crippen molar-refractivity contribution in [1.82, 2.24) is 14.3 Å². The normalized spacial score (nSPS) is 19.2. The van der Waals surface area contributed by atoms with Crippen molar-refractivity contribution in [1.29, 1.82) is 0 Å². The molecule has 1 aliphatic heterocycles. The molecule has 0 saturated carbocycles. The molecule has 2 aromatic heterocycles. The van der Waals surface area contributed by atoms with E-state index >= 15 is 0 Å². The van der Waals surface area contributed by atoms with Crippen molar-refractivity contribution in [2.45, 2.75) is 39.7 Å². The Bertz CT molecular complexity index is 644. The third kappa shape index (κ3) is 2.09. The summed E-state index contributed by atoms with van der Waals surface area (Å²) in [4.78, 5) is 18.9. The maximum absolute atomic E-state index is 12.4. The maximum Gasteiger partial charge on any atom is 0.225 e. The largest absolute Gasteiger partial charge is 0.334 e. The van der Waals surface area contributed by atoms with Gasteiger partial charge in [-0.1, -0.05) is 19.9 Å². The minimum Gasteiger partial charge on any atom is -0.334 e. The van der Waals surface area contributed by atoms with Crippen LogP contribution in [0.3, 0.4) is 0 Å². The van der Waals surface area contributed by atoms with Crippen LogP contribution >= 0.6 is 0 Å². The first-order valence-electron chi connectivity index (χ1n) is 7.33. The smallest absolute Gasteiger partial charge is 0.225 e. The van der Waals surface area contributed by atoms with Gasteiger partial charge in [0.2, 0.25) is 5.91 Å². The van der Waals surface area contributed by atoms with Gasteiger partial charge in [0, 0.05) is 24.4 Å². The Hall–Kier alpha value is -1.84. The number of likely N-dealkylation sites (tertiary alicyclic amines) is 1. The van der Waals surface area contributed by atoms with E-state index in [2.05, 4.69) is 21.6 Å². The number of hydrogen-bond acceptors (Lipinski definition) is 2. The number of carbonyl (C=O) groups excluding carboxylic acids is 1. The molecule has 3 heterocycles. The first-order chi connectivity index (χ1) is 9.58. The van der Waals surface area contributed by atoms with E-state index < -0.39 is 0 Å². The molecular weight excluding hydrogens is 250 g/mol. The third-order valence-corrected chi connectivity index (χ3v) is 4.02. The Morgan fingerprint density at radius 2 is 2.20 bits per heavy atom. The fourth-order valence-electron chi connectivity index (χ4n) is 3.10. The predicted molar refractivity (Wildman–Crippen MR) is 78.5 cm³/mol. The highest BCUT2D eigenvalue weighted by molar-refractivity contribution is 5.78. The van der Waals surface area contributed by atoms with Crippen molar-refractivity contribution >= 4 is 11.6 Å². The molecular formula is C16H21N3O. The number of pyridine rings is 1. The van der Waals surface area contributed by atoms with E-state index in [0.717, 1.165) is 30.7 Å². The molecule has 0 spiro atoms. The van der Waals surface area contributed by atoms with Crippen LogP contribution in [0.1, 0.15) is 44.1 Å². The second-order valence-electron chi connectivity index (χ2n) is 5.91. The number of hydrogen-bond donors (Lipinski definition) is 0. The summed E-state index contributed by atoms with van der Waals surface area (Å²) in [5, 5.41) is 0. The van der Waals surface area contributed by atoms with Crippen LogP contribution in [-0.2, 0) is 4.79 Å².